The van der Waals surface area contributed by atoms with Gasteiger partial charge in [0.1, 0.15) is 5.82 Å². The molecule has 0 radical (unpaired) electrons. The lowest BCUT2D eigenvalue weighted by Crippen LogP contribution is -2.03. The number of para-hydroxylation sites is 3. The van der Waals surface area contributed by atoms with Crippen LogP contribution in [0.1, 0.15) is 12.7 Å². The van der Waals surface area contributed by atoms with Crippen LogP contribution in [0, 0.1) is 0 Å². The third-order valence-corrected chi connectivity index (χ3v) is 10.5. The van der Waals surface area contributed by atoms with Crippen LogP contribution in [0.2, 0.25) is 0 Å². The zero-order chi connectivity index (χ0) is 33.9. The van der Waals surface area contributed by atoms with E-state index in [1.54, 1.807) is 0 Å². The van der Waals surface area contributed by atoms with Gasteiger partial charge in [-0.15, -0.1) is 0 Å². The van der Waals surface area contributed by atoms with Crippen molar-refractivity contribution in [2.75, 3.05) is 0 Å². The lowest BCUT2D eigenvalue weighted by atomic mass is 9.80. The molecule has 1 aliphatic carbocycles. The van der Waals surface area contributed by atoms with Gasteiger partial charge in [0.25, 0.3) is 0 Å². The lowest BCUT2D eigenvalue weighted by molar-refractivity contribution is 0.909. The summed E-state index contributed by atoms with van der Waals surface area (Å²) in [4.78, 5) is 5.06. The van der Waals surface area contributed by atoms with Crippen molar-refractivity contribution in [3.63, 3.8) is 0 Å². The van der Waals surface area contributed by atoms with Crippen molar-refractivity contribution in [3.8, 4) is 72.4 Å². The number of imidazole rings is 1. The molecule has 8 aromatic carbocycles. The molecule has 1 aromatic heterocycles. The number of aromatic nitrogens is 2. The summed E-state index contributed by atoms with van der Waals surface area (Å²) in [6.07, 6.45) is 0.834. The normalized spacial score (nSPS) is 11.7. The first-order chi connectivity index (χ1) is 25.3. The predicted molar refractivity (Wildman–Crippen MR) is 214 cm³/mol. The summed E-state index contributed by atoms with van der Waals surface area (Å²) in [5.41, 5.74) is 18.2. The molecule has 0 fully saturated rings. The second-order valence-electron chi connectivity index (χ2n) is 13.3. The van der Waals surface area contributed by atoms with E-state index in [4.69, 9.17) is 4.98 Å². The largest absolute Gasteiger partial charge is 0.296 e. The number of rotatable bonds is 6. The molecule has 0 spiro atoms. The summed E-state index contributed by atoms with van der Waals surface area (Å²) >= 11 is 0. The predicted octanol–water partition coefficient (Wildman–Crippen LogP) is 13.1. The van der Waals surface area contributed by atoms with Crippen molar-refractivity contribution in [1.29, 1.82) is 0 Å². The molecule has 0 unspecified atom stereocenters. The Kier molecular flexibility index (Phi) is 6.82. The fraction of sp³-hybridized carbons (Fsp3) is 0.0408. The third-order valence-electron chi connectivity index (χ3n) is 10.5. The van der Waals surface area contributed by atoms with E-state index < -0.39 is 0 Å². The Morgan fingerprint density at radius 1 is 0.431 bits per heavy atom. The van der Waals surface area contributed by atoms with E-state index in [1.807, 2.05) is 0 Å². The molecule has 2 heteroatoms. The Bertz CT molecular complexity index is 2770. The highest BCUT2D eigenvalue weighted by molar-refractivity contribution is 6.23. The molecule has 1 heterocycles. The highest BCUT2D eigenvalue weighted by Gasteiger charge is 2.31. The van der Waals surface area contributed by atoms with Gasteiger partial charge < -0.3 is 0 Å². The van der Waals surface area contributed by atoms with E-state index in [-0.39, 0.29) is 0 Å². The van der Waals surface area contributed by atoms with Gasteiger partial charge in [-0.05, 0) is 96.2 Å². The molecule has 10 rings (SSSR count). The van der Waals surface area contributed by atoms with Gasteiger partial charge in [0.15, 0.2) is 0 Å². The van der Waals surface area contributed by atoms with Crippen LogP contribution in [0.15, 0.2) is 176 Å². The Morgan fingerprint density at radius 2 is 1.00 bits per heavy atom. The molecule has 0 saturated carbocycles. The Morgan fingerprint density at radius 3 is 1.73 bits per heavy atom. The molecule has 0 atom stereocenters. The fourth-order valence-electron chi connectivity index (χ4n) is 8.38. The van der Waals surface area contributed by atoms with Gasteiger partial charge >= 0.3 is 0 Å². The molecule has 2 nitrogen and oxygen atoms in total. The molecular weight excluding hydrogens is 617 g/mol. The number of nitrogens with zero attached hydrogens (tertiary/aromatic N) is 2. The zero-order valence-electron chi connectivity index (χ0n) is 28.3. The second-order valence-corrected chi connectivity index (χ2v) is 13.3. The minimum absolute atomic E-state index is 0.834. The Hall–Kier alpha value is -6.51. The Balaban J connectivity index is 1.33. The number of hydrogen-bond donors (Lipinski definition) is 0. The monoisotopic (exact) mass is 650 g/mol. The first kappa shape index (κ1) is 29.4. The summed E-state index contributed by atoms with van der Waals surface area (Å²) in [5, 5.41) is 2.61. The fourth-order valence-corrected chi connectivity index (χ4v) is 8.38. The molecule has 0 N–H and O–H groups in total. The van der Waals surface area contributed by atoms with Crippen LogP contribution in [-0.4, -0.2) is 9.55 Å². The first-order valence-corrected chi connectivity index (χ1v) is 17.8. The van der Waals surface area contributed by atoms with Crippen molar-refractivity contribution < 1.29 is 0 Å². The van der Waals surface area contributed by atoms with Gasteiger partial charge in [-0.3, -0.25) is 4.57 Å². The molecule has 0 saturated heterocycles. The van der Waals surface area contributed by atoms with Gasteiger partial charge in [0.05, 0.1) is 16.7 Å². The smallest absolute Gasteiger partial charge is 0.114 e. The van der Waals surface area contributed by atoms with Crippen molar-refractivity contribution in [2.24, 2.45) is 0 Å². The van der Waals surface area contributed by atoms with Crippen LogP contribution in [0.4, 0.5) is 0 Å². The van der Waals surface area contributed by atoms with E-state index in [0.29, 0.717) is 0 Å². The maximum Gasteiger partial charge on any atom is 0.114 e. The van der Waals surface area contributed by atoms with Crippen molar-refractivity contribution >= 4 is 21.8 Å². The molecule has 0 aliphatic heterocycles. The quantitative estimate of drug-likeness (QED) is 0.175. The van der Waals surface area contributed by atoms with Crippen LogP contribution in [0.3, 0.4) is 0 Å². The molecule has 0 amide bonds. The number of hydrogen-bond acceptors (Lipinski definition) is 1. The van der Waals surface area contributed by atoms with Gasteiger partial charge in [-0.2, -0.15) is 0 Å². The Labute approximate surface area is 298 Å². The summed E-state index contributed by atoms with van der Waals surface area (Å²) in [6.45, 7) is 2.19. The van der Waals surface area contributed by atoms with Crippen LogP contribution < -0.4 is 0 Å². The van der Waals surface area contributed by atoms with Gasteiger partial charge in [-0.25, -0.2) is 4.98 Å². The average Bonchev–Trinajstić information content (AvgIpc) is 3.75. The van der Waals surface area contributed by atoms with Crippen molar-refractivity contribution in [3.05, 3.63) is 182 Å². The lowest BCUT2D eigenvalue weighted by Gasteiger charge is -2.23. The third kappa shape index (κ3) is 4.53. The molecule has 51 heavy (non-hydrogen) atoms. The summed E-state index contributed by atoms with van der Waals surface area (Å²) in [6, 6.07) is 64.2. The summed E-state index contributed by atoms with van der Waals surface area (Å²) in [5.74, 6) is 1.06. The van der Waals surface area contributed by atoms with Crippen LogP contribution in [0.25, 0.3) is 94.3 Å². The van der Waals surface area contributed by atoms with Gasteiger partial charge in [0, 0.05) is 12.0 Å². The zero-order valence-corrected chi connectivity index (χ0v) is 28.3. The van der Waals surface area contributed by atoms with E-state index in [1.165, 1.54) is 77.5 Å². The second kappa shape index (κ2) is 11.8. The molecule has 240 valence electrons. The highest BCUT2D eigenvalue weighted by Crippen LogP contribution is 2.57. The van der Waals surface area contributed by atoms with E-state index >= 15 is 0 Å². The SMILES string of the molecule is CCc1nc2ccccc2n1-c1ccccc1-c1ccccc1-c1cc(-c2ccccc2)c2c(c1-c1ccccc1)-c1cccc3cccc-2c13. The standard InChI is InChI=1S/C49H34N2/c1-2-45-50-42-28-12-14-30-44(42)51(45)43-29-13-11-25-37(43)35-23-9-10-24-36(35)41-31-40(32-17-5-3-6-18-32)48-38-26-15-21-33-22-16-27-39(46(33)38)49(48)47(41)34-19-7-4-8-20-34/h3-31H,2H2,1H3. The molecular formula is C49H34N2. The van der Waals surface area contributed by atoms with E-state index in [2.05, 4.69) is 187 Å². The number of fused-ring (bicyclic) bond motifs is 4. The average molecular weight is 651 g/mol. The minimum atomic E-state index is 0.834. The number of aryl methyl sites for hydroxylation is 1. The summed E-state index contributed by atoms with van der Waals surface area (Å²) in [7, 11) is 0. The molecule has 0 bridgehead atoms. The van der Waals surface area contributed by atoms with Gasteiger partial charge in [-0.1, -0.05) is 159 Å². The van der Waals surface area contributed by atoms with E-state index in [9.17, 15) is 0 Å². The number of benzene rings is 8. The van der Waals surface area contributed by atoms with Crippen molar-refractivity contribution in [1.82, 2.24) is 9.55 Å². The van der Waals surface area contributed by atoms with Crippen LogP contribution >= 0.6 is 0 Å². The topological polar surface area (TPSA) is 17.8 Å². The first-order valence-electron chi connectivity index (χ1n) is 17.8. The van der Waals surface area contributed by atoms with Crippen LogP contribution in [-0.2, 0) is 6.42 Å². The molecule has 1 aliphatic rings. The van der Waals surface area contributed by atoms with Crippen molar-refractivity contribution in [2.45, 2.75) is 13.3 Å². The summed E-state index contributed by atoms with van der Waals surface area (Å²) < 4.78 is 2.36. The van der Waals surface area contributed by atoms with Gasteiger partial charge in [0.2, 0.25) is 0 Å². The minimum Gasteiger partial charge on any atom is -0.296 e. The van der Waals surface area contributed by atoms with E-state index in [0.717, 1.165) is 29.0 Å². The maximum atomic E-state index is 5.06. The molecule has 9 aromatic rings. The maximum absolute atomic E-state index is 5.06. The van der Waals surface area contributed by atoms with Crippen LogP contribution in [0.5, 0.6) is 0 Å². The highest BCUT2D eigenvalue weighted by atomic mass is 15.1.